The van der Waals surface area contributed by atoms with Crippen molar-refractivity contribution >= 4 is 27.7 Å². The number of carbonyl (C=O) groups excluding carboxylic acids is 3. The number of nitrogens with zero attached hydrogens (tertiary/aromatic N) is 1. The minimum atomic E-state index is -3.47. The molecule has 0 saturated carbocycles. The highest BCUT2D eigenvalue weighted by Crippen LogP contribution is 2.26. The van der Waals surface area contributed by atoms with Gasteiger partial charge in [-0.3, -0.25) is 19.3 Å². The average Bonchev–Trinajstić information content (AvgIpc) is 3.08. The fourth-order valence-electron chi connectivity index (χ4n) is 3.77. The molecule has 9 heteroatoms. The first-order chi connectivity index (χ1) is 16.3. The van der Waals surface area contributed by atoms with E-state index in [1.54, 1.807) is 24.3 Å². The number of sulfonamides is 1. The van der Waals surface area contributed by atoms with Gasteiger partial charge in [-0.2, -0.15) is 0 Å². The molecule has 3 aromatic carbocycles. The van der Waals surface area contributed by atoms with Crippen molar-refractivity contribution < 1.29 is 22.8 Å². The molecule has 0 aliphatic carbocycles. The molecule has 0 atom stereocenters. The number of hydrogen-bond acceptors (Lipinski definition) is 5. The summed E-state index contributed by atoms with van der Waals surface area (Å²) in [7, 11) is -2.12. The van der Waals surface area contributed by atoms with Crippen molar-refractivity contribution in [3.8, 4) is 0 Å². The van der Waals surface area contributed by atoms with Crippen LogP contribution in [-0.4, -0.2) is 38.1 Å². The smallest absolute Gasteiger partial charge is 0.261 e. The fraction of sp³-hybridized carbons (Fsp3) is 0.160. The van der Waals surface area contributed by atoms with E-state index in [1.807, 2.05) is 30.3 Å². The maximum Gasteiger partial charge on any atom is 0.261 e. The summed E-state index contributed by atoms with van der Waals surface area (Å²) in [6, 6.07) is 20.5. The van der Waals surface area contributed by atoms with Gasteiger partial charge < -0.3 is 5.32 Å². The van der Waals surface area contributed by atoms with Crippen molar-refractivity contribution in [2.45, 2.75) is 18.8 Å². The number of carbonyl (C=O) groups is 3. The van der Waals surface area contributed by atoms with Crippen LogP contribution in [0.2, 0.25) is 0 Å². The Balaban J connectivity index is 1.48. The number of nitrogens with one attached hydrogen (secondary N) is 2. The van der Waals surface area contributed by atoms with Crippen molar-refractivity contribution in [1.29, 1.82) is 0 Å². The minimum Gasteiger partial charge on any atom is -0.348 e. The third-order valence-electron chi connectivity index (χ3n) is 5.63. The summed E-state index contributed by atoms with van der Waals surface area (Å²) in [6.07, 6.45) is 0. The summed E-state index contributed by atoms with van der Waals surface area (Å²) in [6.45, 7) is 0.263. The Labute approximate surface area is 197 Å². The van der Waals surface area contributed by atoms with E-state index in [0.29, 0.717) is 11.1 Å². The van der Waals surface area contributed by atoms with E-state index >= 15 is 0 Å². The molecule has 34 heavy (non-hydrogen) atoms. The second kappa shape index (κ2) is 9.58. The SMILES string of the molecule is CNS(=O)(=O)Cc1ccccc1CNC(=O)c1ccc2c(c1)C(=O)N(Cc1ccccc1)C2=O. The second-order valence-electron chi connectivity index (χ2n) is 7.86. The molecule has 3 aromatic rings. The maximum absolute atomic E-state index is 12.9. The van der Waals surface area contributed by atoms with Crippen molar-refractivity contribution in [2.24, 2.45) is 0 Å². The van der Waals surface area contributed by atoms with Gasteiger partial charge in [0.15, 0.2) is 0 Å². The molecule has 4 rings (SSSR count). The molecular formula is C25H23N3O5S. The largest absolute Gasteiger partial charge is 0.348 e. The van der Waals surface area contributed by atoms with Crippen LogP contribution in [0.25, 0.3) is 0 Å². The van der Waals surface area contributed by atoms with Crippen molar-refractivity contribution in [2.75, 3.05) is 7.05 Å². The van der Waals surface area contributed by atoms with Crippen LogP contribution in [0.5, 0.6) is 0 Å². The first kappa shape index (κ1) is 23.3. The lowest BCUT2D eigenvalue weighted by Crippen LogP contribution is -2.29. The van der Waals surface area contributed by atoms with Crippen LogP contribution in [0, 0.1) is 0 Å². The first-order valence-corrected chi connectivity index (χ1v) is 12.2. The van der Waals surface area contributed by atoms with Gasteiger partial charge in [-0.05, 0) is 41.9 Å². The molecule has 0 fully saturated rings. The highest BCUT2D eigenvalue weighted by molar-refractivity contribution is 7.88. The highest BCUT2D eigenvalue weighted by Gasteiger charge is 2.36. The Kier molecular flexibility index (Phi) is 6.58. The molecular weight excluding hydrogens is 454 g/mol. The van der Waals surface area contributed by atoms with E-state index in [0.717, 1.165) is 5.56 Å². The average molecular weight is 478 g/mol. The third-order valence-corrected chi connectivity index (χ3v) is 6.94. The number of benzene rings is 3. The van der Waals surface area contributed by atoms with E-state index in [2.05, 4.69) is 10.0 Å². The Morgan fingerprint density at radius 2 is 1.50 bits per heavy atom. The van der Waals surface area contributed by atoms with Crippen LogP contribution in [0.4, 0.5) is 0 Å². The number of fused-ring (bicyclic) bond motifs is 1. The Hall–Kier alpha value is -3.82. The molecule has 0 spiro atoms. The molecule has 0 unspecified atom stereocenters. The predicted molar refractivity (Wildman–Crippen MR) is 126 cm³/mol. The van der Waals surface area contributed by atoms with Gasteiger partial charge in [0.25, 0.3) is 17.7 Å². The predicted octanol–water partition coefficient (Wildman–Crippen LogP) is 2.46. The zero-order valence-corrected chi connectivity index (χ0v) is 19.3. The van der Waals surface area contributed by atoms with Crippen LogP contribution >= 0.6 is 0 Å². The zero-order valence-electron chi connectivity index (χ0n) is 18.4. The molecule has 2 N–H and O–H groups in total. The zero-order chi connectivity index (χ0) is 24.3. The Morgan fingerprint density at radius 1 is 0.853 bits per heavy atom. The Bertz CT molecular complexity index is 1370. The highest BCUT2D eigenvalue weighted by atomic mass is 32.2. The lowest BCUT2D eigenvalue weighted by molar-refractivity contribution is 0.0642. The molecule has 0 bridgehead atoms. The van der Waals surface area contributed by atoms with E-state index in [4.69, 9.17) is 0 Å². The van der Waals surface area contributed by atoms with Crippen molar-refractivity contribution in [3.05, 3.63) is 106 Å². The standard InChI is InChI=1S/C25H23N3O5S/c1-26-34(32,33)16-20-10-6-5-9-19(20)14-27-23(29)18-11-12-21-22(13-18)25(31)28(24(21)30)15-17-7-3-2-4-8-17/h2-13,26H,14-16H2,1H3,(H,27,29). The van der Waals surface area contributed by atoms with Crippen molar-refractivity contribution in [1.82, 2.24) is 14.9 Å². The molecule has 0 aromatic heterocycles. The van der Waals surface area contributed by atoms with Gasteiger partial charge in [-0.15, -0.1) is 0 Å². The maximum atomic E-state index is 12.9. The minimum absolute atomic E-state index is 0.109. The molecule has 8 nitrogen and oxygen atoms in total. The van der Waals surface area contributed by atoms with Gasteiger partial charge in [0.2, 0.25) is 10.0 Å². The van der Waals surface area contributed by atoms with Crippen molar-refractivity contribution in [3.63, 3.8) is 0 Å². The summed E-state index contributed by atoms with van der Waals surface area (Å²) in [5, 5.41) is 2.76. The van der Waals surface area contributed by atoms with E-state index in [1.165, 1.54) is 30.1 Å². The lowest BCUT2D eigenvalue weighted by atomic mass is 10.0. The van der Waals surface area contributed by atoms with Gasteiger partial charge in [0, 0.05) is 12.1 Å². The molecule has 1 aliphatic heterocycles. The summed E-state index contributed by atoms with van der Waals surface area (Å²) in [5.41, 5.74) is 2.75. The summed E-state index contributed by atoms with van der Waals surface area (Å²) in [5.74, 6) is -1.48. The summed E-state index contributed by atoms with van der Waals surface area (Å²) < 4.78 is 26.1. The third kappa shape index (κ3) is 4.90. The fourth-order valence-corrected chi connectivity index (χ4v) is 4.60. The van der Waals surface area contributed by atoms with Crippen LogP contribution in [0.15, 0.2) is 72.8 Å². The van der Waals surface area contributed by atoms with E-state index < -0.39 is 27.7 Å². The van der Waals surface area contributed by atoms with Crippen LogP contribution in [0.3, 0.4) is 0 Å². The topological polar surface area (TPSA) is 113 Å². The molecule has 1 heterocycles. The molecule has 0 radical (unpaired) electrons. The monoisotopic (exact) mass is 477 g/mol. The molecule has 1 aliphatic rings. The van der Waals surface area contributed by atoms with Gasteiger partial charge >= 0.3 is 0 Å². The van der Waals surface area contributed by atoms with Gasteiger partial charge in [0.1, 0.15) is 0 Å². The number of rotatable bonds is 8. The van der Waals surface area contributed by atoms with Crippen LogP contribution < -0.4 is 10.0 Å². The quantitative estimate of drug-likeness (QED) is 0.484. The second-order valence-corrected chi connectivity index (χ2v) is 9.78. The van der Waals surface area contributed by atoms with Crippen LogP contribution in [0.1, 0.15) is 47.8 Å². The Morgan fingerprint density at radius 3 is 2.21 bits per heavy atom. The normalized spacial score (nSPS) is 13.1. The van der Waals surface area contributed by atoms with Gasteiger partial charge in [0.05, 0.1) is 23.4 Å². The molecule has 0 saturated heterocycles. The number of imide groups is 1. The number of amides is 3. The lowest BCUT2D eigenvalue weighted by Gasteiger charge is -2.13. The molecule has 174 valence electrons. The first-order valence-electron chi connectivity index (χ1n) is 10.6. The van der Waals surface area contributed by atoms with E-state index in [9.17, 15) is 22.8 Å². The van der Waals surface area contributed by atoms with Gasteiger partial charge in [-0.25, -0.2) is 13.1 Å². The van der Waals surface area contributed by atoms with Gasteiger partial charge in [-0.1, -0.05) is 54.6 Å². The van der Waals surface area contributed by atoms with Crippen LogP contribution in [-0.2, 0) is 28.9 Å². The summed E-state index contributed by atoms with van der Waals surface area (Å²) in [4.78, 5) is 39.6. The van der Waals surface area contributed by atoms with E-state index in [-0.39, 0.29) is 35.5 Å². The summed E-state index contributed by atoms with van der Waals surface area (Å²) >= 11 is 0. The number of hydrogen-bond donors (Lipinski definition) is 2. The molecule has 3 amide bonds.